The van der Waals surface area contributed by atoms with Crippen LogP contribution in [0.2, 0.25) is 0 Å². The summed E-state index contributed by atoms with van der Waals surface area (Å²) >= 11 is 3.93. The van der Waals surface area contributed by atoms with E-state index in [1.165, 1.54) is 11.3 Å². The van der Waals surface area contributed by atoms with E-state index in [-0.39, 0.29) is 0 Å². The summed E-state index contributed by atoms with van der Waals surface area (Å²) in [5.74, 6) is 2.15. The molecule has 0 aliphatic carbocycles. The van der Waals surface area contributed by atoms with Gasteiger partial charge in [-0.15, -0.1) is 23.5 Å². The second-order valence-corrected chi connectivity index (χ2v) is 6.82. The molecule has 1 aliphatic heterocycles. The maximum absolute atomic E-state index is 5.89. The summed E-state index contributed by atoms with van der Waals surface area (Å²) in [6.07, 6.45) is 0. The molecule has 1 fully saturated rings. The first-order valence-corrected chi connectivity index (χ1v) is 7.52. The van der Waals surface area contributed by atoms with Crippen LogP contribution >= 0.6 is 23.5 Å². The number of hydrogen-bond donors (Lipinski definition) is 1. The standard InChI is InChI=1S/C12H18N2S2/c1-14(2)11-5-3-9(4-6-11)12-15-7-10(13)8-16-12/h3-6,10,12H,7-8,13H2,1-2H3. The summed E-state index contributed by atoms with van der Waals surface area (Å²) in [6.45, 7) is 0. The third kappa shape index (κ3) is 2.87. The second kappa shape index (κ2) is 5.34. The highest BCUT2D eigenvalue weighted by Crippen LogP contribution is 2.43. The Morgan fingerprint density at radius 1 is 1.12 bits per heavy atom. The number of nitrogens with zero attached hydrogens (tertiary/aromatic N) is 1. The first-order valence-electron chi connectivity index (χ1n) is 5.43. The maximum Gasteiger partial charge on any atom is 0.0752 e. The lowest BCUT2D eigenvalue weighted by molar-refractivity contribution is 0.852. The van der Waals surface area contributed by atoms with Crippen molar-refractivity contribution in [1.29, 1.82) is 0 Å². The van der Waals surface area contributed by atoms with Gasteiger partial charge in [-0.25, -0.2) is 0 Å². The van der Waals surface area contributed by atoms with E-state index in [0.717, 1.165) is 11.5 Å². The van der Waals surface area contributed by atoms with E-state index < -0.39 is 0 Å². The Labute approximate surface area is 106 Å². The Bertz CT molecular complexity index is 329. The van der Waals surface area contributed by atoms with Gasteiger partial charge in [0.1, 0.15) is 0 Å². The van der Waals surface area contributed by atoms with Gasteiger partial charge in [0.25, 0.3) is 0 Å². The Morgan fingerprint density at radius 3 is 2.19 bits per heavy atom. The van der Waals surface area contributed by atoms with E-state index >= 15 is 0 Å². The predicted octanol–water partition coefficient (Wildman–Crippen LogP) is 2.56. The van der Waals surface area contributed by atoms with Crippen molar-refractivity contribution >= 4 is 29.2 Å². The quantitative estimate of drug-likeness (QED) is 0.878. The molecular weight excluding hydrogens is 236 g/mol. The van der Waals surface area contributed by atoms with Crippen molar-refractivity contribution in [3.63, 3.8) is 0 Å². The predicted molar refractivity (Wildman–Crippen MR) is 76.4 cm³/mol. The van der Waals surface area contributed by atoms with Crippen LogP contribution in [0.4, 0.5) is 5.69 Å². The molecule has 0 amide bonds. The van der Waals surface area contributed by atoms with E-state index in [1.54, 1.807) is 0 Å². The van der Waals surface area contributed by atoms with E-state index in [2.05, 4.69) is 43.3 Å². The van der Waals surface area contributed by atoms with Crippen molar-refractivity contribution in [2.45, 2.75) is 10.6 Å². The number of hydrogen-bond acceptors (Lipinski definition) is 4. The van der Waals surface area contributed by atoms with Crippen LogP contribution < -0.4 is 10.6 Å². The Hall–Kier alpha value is -0.320. The van der Waals surface area contributed by atoms with Crippen LogP contribution in [0.5, 0.6) is 0 Å². The number of rotatable bonds is 2. The lowest BCUT2D eigenvalue weighted by atomic mass is 10.2. The largest absolute Gasteiger partial charge is 0.378 e. The van der Waals surface area contributed by atoms with Crippen LogP contribution in [0, 0.1) is 0 Å². The summed E-state index contributed by atoms with van der Waals surface area (Å²) in [4.78, 5) is 2.13. The minimum Gasteiger partial charge on any atom is -0.378 e. The van der Waals surface area contributed by atoms with Crippen molar-refractivity contribution in [1.82, 2.24) is 0 Å². The molecule has 2 nitrogen and oxygen atoms in total. The summed E-state index contributed by atoms with van der Waals surface area (Å²) in [6, 6.07) is 9.20. The van der Waals surface area contributed by atoms with E-state index in [0.29, 0.717) is 10.6 Å². The summed E-state index contributed by atoms with van der Waals surface area (Å²) < 4.78 is 0.566. The molecule has 2 rings (SSSR count). The number of benzene rings is 1. The fourth-order valence-electron chi connectivity index (χ4n) is 1.64. The van der Waals surface area contributed by atoms with Crippen LogP contribution in [-0.2, 0) is 0 Å². The summed E-state index contributed by atoms with van der Waals surface area (Å²) in [5.41, 5.74) is 8.56. The number of thioether (sulfide) groups is 2. The smallest absolute Gasteiger partial charge is 0.0752 e. The molecule has 4 heteroatoms. The fourth-order valence-corrected chi connectivity index (χ4v) is 4.42. The van der Waals surface area contributed by atoms with Crippen LogP contribution in [0.15, 0.2) is 24.3 Å². The van der Waals surface area contributed by atoms with Crippen molar-refractivity contribution in [2.24, 2.45) is 5.73 Å². The number of nitrogens with two attached hydrogens (primary N) is 1. The van der Waals surface area contributed by atoms with Gasteiger partial charge in [-0.3, -0.25) is 0 Å². The second-order valence-electron chi connectivity index (χ2n) is 4.24. The molecule has 0 unspecified atom stereocenters. The SMILES string of the molecule is CN(C)c1ccc(C2SCC(N)CS2)cc1. The van der Waals surface area contributed by atoms with E-state index in [1.807, 2.05) is 23.5 Å². The van der Waals surface area contributed by atoms with Crippen molar-refractivity contribution in [3.05, 3.63) is 29.8 Å². The van der Waals surface area contributed by atoms with Gasteiger partial charge in [-0.2, -0.15) is 0 Å². The average Bonchev–Trinajstić information content (AvgIpc) is 2.30. The molecule has 0 atom stereocenters. The molecule has 0 spiro atoms. The molecule has 1 aromatic carbocycles. The van der Waals surface area contributed by atoms with Gasteiger partial charge in [0, 0.05) is 37.3 Å². The first-order chi connectivity index (χ1) is 7.66. The topological polar surface area (TPSA) is 29.3 Å². The van der Waals surface area contributed by atoms with Gasteiger partial charge in [0.05, 0.1) is 4.58 Å². The zero-order valence-electron chi connectivity index (χ0n) is 9.72. The minimum atomic E-state index is 0.368. The lowest BCUT2D eigenvalue weighted by Gasteiger charge is -2.25. The van der Waals surface area contributed by atoms with Crippen molar-refractivity contribution < 1.29 is 0 Å². The van der Waals surface area contributed by atoms with E-state index in [9.17, 15) is 0 Å². The highest BCUT2D eigenvalue weighted by Gasteiger charge is 2.20. The van der Waals surface area contributed by atoms with Gasteiger partial charge < -0.3 is 10.6 Å². The zero-order chi connectivity index (χ0) is 11.5. The molecule has 1 heterocycles. The molecule has 2 N–H and O–H groups in total. The monoisotopic (exact) mass is 254 g/mol. The number of anilines is 1. The molecular formula is C12H18N2S2. The lowest BCUT2D eigenvalue weighted by Crippen LogP contribution is -2.29. The fraction of sp³-hybridized carbons (Fsp3) is 0.500. The van der Waals surface area contributed by atoms with Crippen molar-refractivity contribution in [3.8, 4) is 0 Å². The zero-order valence-corrected chi connectivity index (χ0v) is 11.4. The molecule has 88 valence electrons. The van der Waals surface area contributed by atoms with Gasteiger partial charge in [0.15, 0.2) is 0 Å². The third-order valence-corrected chi connectivity index (χ3v) is 5.81. The van der Waals surface area contributed by atoms with Crippen LogP contribution in [0.3, 0.4) is 0 Å². The van der Waals surface area contributed by atoms with Crippen molar-refractivity contribution in [2.75, 3.05) is 30.5 Å². The normalized spacial score (nSPS) is 25.4. The molecule has 0 saturated carbocycles. The first kappa shape index (κ1) is 12.1. The van der Waals surface area contributed by atoms with Gasteiger partial charge in [-0.1, -0.05) is 12.1 Å². The molecule has 1 saturated heterocycles. The van der Waals surface area contributed by atoms with E-state index in [4.69, 9.17) is 5.73 Å². The maximum atomic E-state index is 5.89. The van der Waals surface area contributed by atoms with Crippen LogP contribution in [-0.4, -0.2) is 31.6 Å². The molecule has 1 aliphatic rings. The molecule has 0 bridgehead atoms. The van der Waals surface area contributed by atoms with Gasteiger partial charge >= 0.3 is 0 Å². The van der Waals surface area contributed by atoms with Crippen LogP contribution in [0.1, 0.15) is 10.1 Å². The van der Waals surface area contributed by atoms with Gasteiger partial charge in [0.2, 0.25) is 0 Å². The molecule has 16 heavy (non-hydrogen) atoms. The summed E-state index contributed by atoms with van der Waals surface area (Å²) in [7, 11) is 4.14. The minimum absolute atomic E-state index is 0.368. The molecule has 1 aromatic rings. The Kier molecular flexibility index (Phi) is 4.05. The van der Waals surface area contributed by atoms with Crippen LogP contribution in [0.25, 0.3) is 0 Å². The van der Waals surface area contributed by atoms with Gasteiger partial charge in [-0.05, 0) is 17.7 Å². The molecule has 0 radical (unpaired) electrons. The summed E-state index contributed by atoms with van der Waals surface area (Å²) in [5, 5.41) is 0. The highest BCUT2D eigenvalue weighted by molar-refractivity contribution is 8.17. The average molecular weight is 254 g/mol. The third-order valence-electron chi connectivity index (χ3n) is 2.61. The highest BCUT2D eigenvalue weighted by atomic mass is 32.2. The Morgan fingerprint density at radius 2 is 1.69 bits per heavy atom. The Balaban J connectivity index is 2.04. The molecule has 0 aromatic heterocycles.